The summed E-state index contributed by atoms with van der Waals surface area (Å²) in [5, 5.41) is 4.76. The average molecular weight is 352 g/mol. The van der Waals surface area contributed by atoms with Crippen LogP contribution in [-0.4, -0.2) is 53.9 Å². The number of nitrogens with zero attached hydrogens (tertiary/aromatic N) is 4. The third kappa shape index (κ3) is 3.01. The van der Waals surface area contributed by atoms with E-state index in [1.807, 2.05) is 35.0 Å². The third-order valence-corrected chi connectivity index (χ3v) is 5.05. The molecule has 26 heavy (non-hydrogen) atoms. The van der Waals surface area contributed by atoms with E-state index in [-0.39, 0.29) is 0 Å². The van der Waals surface area contributed by atoms with Gasteiger partial charge in [-0.05, 0) is 44.6 Å². The first kappa shape index (κ1) is 16.8. The van der Waals surface area contributed by atoms with Crippen LogP contribution in [0.4, 0.5) is 0 Å². The lowest BCUT2D eigenvalue weighted by molar-refractivity contribution is 0.246. The van der Waals surface area contributed by atoms with Crippen molar-refractivity contribution in [2.45, 2.75) is 18.8 Å². The minimum absolute atomic E-state index is 0.406. The van der Waals surface area contributed by atoms with Crippen LogP contribution in [0.15, 0.2) is 36.5 Å². The fourth-order valence-corrected chi connectivity index (χ4v) is 3.72. The molecule has 1 aromatic carbocycles. The largest absolute Gasteiger partial charge is 0.493 e. The van der Waals surface area contributed by atoms with Gasteiger partial charge in [0.05, 0.1) is 14.2 Å². The van der Waals surface area contributed by atoms with Crippen molar-refractivity contribution < 1.29 is 9.47 Å². The van der Waals surface area contributed by atoms with Crippen molar-refractivity contribution in [3.63, 3.8) is 0 Å². The van der Waals surface area contributed by atoms with Crippen LogP contribution in [0.2, 0.25) is 0 Å². The van der Waals surface area contributed by atoms with E-state index in [1.165, 1.54) is 6.42 Å². The van der Waals surface area contributed by atoms with Gasteiger partial charge in [0.15, 0.2) is 23.0 Å². The fraction of sp³-hybridized carbons (Fsp3) is 0.400. The summed E-state index contributed by atoms with van der Waals surface area (Å²) in [6, 6.07) is 9.95. The highest BCUT2D eigenvalue weighted by Gasteiger charge is 2.23. The second-order valence-corrected chi connectivity index (χ2v) is 6.83. The summed E-state index contributed by atoms with van der Waals surface area (Å²) in [7, 11) is 5.47. The zero-order chi connectivity index (χ0) is 18.1. The molecule has 1 atom stereocenters. The minimum Gasteiger partial charge on any atom is -0.493 e. The number of pyridine rings is 1. The predicted molar refractivity (Wildman–Crippen MR) is 101 cm³/mol. The summed E-state index contributed by atoms with van der Waals surface area (Å²) < 4.78 is 12.9. The zero-order valence-electron chi connectivity index (χ0n) is 15.5. The van der Waals surface area contributed by atoms with Gasteiger partial charge in [-0.1, -0.05) is 12.1 Å². The molecule has 3 heterocycles. The molecule has 1 fully saturated rings. The first-order valence-electron chi connectivity index (χ1n) is 8.96. The molecule has 0 amide bonds. The number of aromatic nitrogens is 3. The Morgan fingerprint density at radius 1 is 1.12 bits per heavy atom. The van der Waals surface area contributed by atoms with Crippen molar-refractivity contribution in [3.05, 3.63) is 42.4 Å². The van der Waals surface area contributed by atoms with Crippen LogP contribution in [0.5, 0.6) is 11.5 Å². The zero-order valence-corrected chi connectivity index (χ0v) is 15.5. The number of hydrogen-bond acceptors (Lipinski definition) is 5. The van der Waals surface area contributed by atoms with Crippen molar-refractivity contribution >= 4 is 5.65 Å². The number of para-hydroxylation sites is 1. The smallest absolute Gasteiger partial charge is 0.168 e. The lowest BCUT2D eigenvalue weighted by Gasteiger charge is -2.27. The molecule has 1 aliphatic heterocycles. The Bertz CT molecular complexity index is 921. The predicted octanol–water partition coefficient (Wildman–Crippen LogP) is 3.22. The molecule has 3 aromatic rings. The van der Waals surface area contributed by atoms with Crippen molar-refractivity contribution in [2.75, 3.05) is 34.4 Å². The number of likely N-dealkylation sites (tertiary alicyclic amines) is 1. The summed E-state index contributed by atoms with van der Waals surface area (Å²) in [6.45, 7) is 2.18. The van der Waals surface area contributed by atoms with E-state index in [4.69, 9.17) is 19.6 Å². The number of methoxy groups -OCH3 is 2. The first-order valence-corrected chi connectivity index (χ1v) is 8.96. The Balaban J connectivity index is 1.72. The Morgan fingerprint density at radius 3 is 2.77 bits per heavy atom. The summed E-state index contributed by atoms with van der Waals surface area (Å²) in [5.41, 5.74) is 2.87. The van der Waals surface area contributed by atoms with Crippen LogP contribution in [0.25, 0.3) is 16.8 Å². The number of piperidine rings is 1. The SMILES string of the molecule is COc1cccc(-c2ccc3nc(C4CCCN(C)C4)nn3c2)c1OC. The number of hydrogen-bond donors (Lipinski definition) is 0. The van der Waals surface area contributed by atoms with Gasteiger partial charge in [0, 0.05) is 29.8 Å². The average Bonchev–Trinajstić information content (AvgIpc) is 3.10. The van der Waals surface area contributed by atoms with Crippen molar-refractivity contribution in [2.24, 2.45) is 0 Å². The van der Waals surface area contributed by atoms with Crippen LogP contribution in [0.3, 0.4) is 0 Å². The topological polar surface area (TPSA) is 51.9 Å². The first-order chi connectivity index (χ1) is 12.7. The van der Waals surface area contributed by atoms with Crippen LogP contribution >= 0.6 is 0 Å². The van der Waals surface area contributed by atoms with Crippen molar-refractivity contribution in [1.82, 2.24) is 19.5 Å². The Morgan fingerprint density at radius 2 is 2.00 bits per heavy atom. The Hall–Kier alpha value is -2.60. The number of benzene rings is 1. The quantitative estimate of drug-likeness (QED) is 0.722. The summed E-state index contributed by atoms with van der Waals surface area (Å²) in [6.07, 6.45) is 4.36. The molecule has 0 saturated carbocycles. The molecule has 6 heteroatoms. The minimum atomic E-state index is 0.406. The molecule has 2 aromatic heterocycles. The molecule has 0 spiro atoms. The van der Waals surface area contributed by atoms with Gasteiger partial charge < -0.3 is 14.4 Å². The van der Waals surface area contributed by atoms with E-state index >= 15 is 0 Å². The molecule has 0 radical (unpaired) electrons. The van der Waals surface area contributed by atoms with Crippen LogP contribution in [0, 0.1) is 0 Å². The normalized spacial score (nSPS) is 18.2. The number of ether oxygens (including phenoxy) is 2. The maximum absolute atomic E-state index is 5.57. The van der Waals surface area contributed by atoms with Crippen LogP contribution in [-0.2, 0) is 0 Å². The molecule has 6 nitrogen and oxygen atoms in total. The maximum Gasteiger partial charge on any atom is 0.168 e. The van der Waals surface area contributed by atoms with Crippen LogP contribution in [0.1, 0.15) is 24.6 Å². The van der Waals surface area contributed by atoms with Crippen molar-refractivity contribution in [3.8, 4) is 22.6 Å². The van der Waals surface area contributed by atoms with Gasteiger partial charge in [-0.2, -0.15) is 5.10 Å². The van der Waals surface area contributed by atoms with Crippen LogP contribution < -0.4 is 9.47 Å². The van der Waals surface area contributed by atoms with Gasteiger partial charge >= 0.3 is 0 Å². The highest BCUT2D eigenvalue weighted by atomic mass is 16.5. The monoisotopic (exact) mass is 352 g/mol. The van der Waals surface area contributed by atoms with E-state index in [9.17, 15) is 0 Å². The number of likely N-dealkylation sites (N-methyl/N-ethyl adjacent to an activating group) is 1. The van der Waals surface area contributed by atoms with E-state index in [2.05, 4.69) is 18.0 Å². The summed E-state index contributed by atoms with van der Waals surface area (Å²) in [5.74, 6) is 2.79. The Labute approximate surface area is 153 Å². The van der Waals surface area contributed by atoms with E-state index in [0.717, 1.165) is 53.6 Å². The van der Waals surface area contributed by atoms with E-state index < -0.39 is 0 Å². The third-order valence-electron chi connectivity index (χ3n) is 5.05. The lowest BCUT2D eigenvalue weighted by atomic mass is 9.98. The molecule has 4 rings (SSSR count). The van der Waals surface area contributed by atoms with E-state index in [1.54, 1.807) is 14.2 Å². The second kappa shape index (κ2) is 6.96. The standard InChI is InChI=1S/C20H24N4O2/c1-23-11-5-6-15(12-23)20-21-18-10-9-14(13-24(18)22-20)16-7-4-8-17(25-2)19(16)26-3/h4,7-10,13,15H,5-6,11-12H2,1-3H3. The highest BCUT2D eigenvalue weighted by molar-refractivity contribution is 5.74. The van der Waals surface area contributed by atoms with Gasteiger partial charge in [0.1, 0.15) is 0 Å². The van der Waals surface area contributed by atoms with E-state index in [0.29, 0.717) is 5.92 Å². The summed E-state index contributed by atoms with van der Waals surface area (Å²) >= 11 is 0. The fourth-order valence-electron chi connectivity index (χ4n) is 3.72. The molecule has 136 valence electrons. The van der Waals surface area contributed by atoms with Gasteiger partial charge in [-0.3, -0.25) is 0 Å². The van der Waals surface area contributed by atoms with Gasteiger partial charge in [0.2, 0.25) is 0 Å². The highest BCUT2D eigenvalue weighted by Crippen LogP contribution is 2.37. The molecule has 0 N–H and O–H groups in total. The molecule has 0 bridgehead atoms. The molecular weight excluding hydrogens is 328 g/mol. The summed E-state index contributed by atoms with van der Waals surface area (Å²) in [4.78, 5) is 7.10. The molecular formula is C20H24N4O2. The van der Waals surface area contributed by atoms with Crippen molar-refractivity contribution in [1.29, 1.82) is 0 Å². The van der Waals surface area contributed by atoms with Gasteiger partial charge in [-0.25, -0.2) is 9.50 Å². The number of rotatable bonds is 4. The molecule has 1 saturated heterocycles. The second-order valence-electron chi connectivity index (χ2n) is 6.83. The molecule has 0 aliphatic carbocycles. The van der Waals surface area contributed by atoms with Gasteiger partial charge in [-0.15, -0.1) is 0 Å². The molecule has 1 aliphatic rings. The Kier molecular flexibility index (Phi) is 4.51. The molecule has 1 unspecified atom stereocenters. The lowest BCUT2D eigenvalue weighted by Crippen LogP contribution is -2.31. The number of fused-ring (bicyclic) bond motifs is 1. The van der Waals surface area contributed by atoms with Gasteiger partial charge in [0.25, 0.3) is 0 Å². The maximum atomic E-state index is 5.57.